The van der Waals surface area contributed by atoms with Gasteiger partial charge in [-0.05, 0) is 20.3 Å². The molecule has 0 aromatic carbocycles. The molecule has 0 atom stereocenters. The fourth-order valence-electron chi connectivity index (χ4n) is 1.31. The number of hydrogen-bond acceptors (Lipinski definition) is 4. The lowest BCUT2D eigenvalue weighted by Crippen LogP contribution is -2.01. The summed E-state index contributed by atoms with van der Waals surface area (Å²) in [5.74, 6) is 0. The Balaban J connectivity index is 3.64. The molecule has 0 radical (unpaired) electrons. The molecule has 0 N–H and O–H groups in total. The number of phosphoric ester groups is 1. The molecular formula is C11H25O4P. The van der Waals surface area contributed by atoms with Crippen LogP contribution in [0, 0.1) is 0 Å². The zero-order valence-electron chi connectivity index (χ0n) is 10.7. The molecule has 0 aromatic rings. The quantitative estimate of drug-likeness (QED) is 0.409. The van der Waals surface area contributed by atoms with Gasteiger partial charge in [-0.3, -0.25) is 13.6 Å². The zero-order chi connectivity index (χ0) is 12.3. The number of rotatable bonds is 11. The average Bonchev–Trinajstić information content (AvgIpc) is 2.24. The topological polar surface area (TPSA) is 44.8 Å². The smallest absolute Gasteiger partial charge is 0.287 e. The Morgan fingerprint density at radius 2 is 1.38 bits per heavy atom. The molecule has 0 unspecified atom stereocenters. The van der Waals surface area contributed by atoms with Gasteiger partial charge in [0.2, 0.25) is 0 Å². The Kier molecular flexibility index (Phi) is 10.3. The number of hydrogen-bond donors (Lipinski definition) is 0. The maximum atomic E-state index is 11.8. The molecule has 0 saturated heterocycles. The molecule has 0 rings (SSSR count). The summed E-state index contributed by atoms with van der Waals surface area (Å²) in [7, 11) is -3.27. The molecular weight excluding hydrogens is 227 g/mol. The van der Waals surface area contributed by atoms with E-state index in [1.807, 2.05) is 0 Å². The molecule has 0 fully saturated rings. The molecule has 0 saturated carbocycles. The Labute approximate surface area is 99.3 Å². The third kappa shape index (κ3) is 8.28. The normalized spacial score (nSPS) is 11.9. The Morgan fingerprint density at radius 1 is 0.812 bits per heavy atom. The van der Waals surface area contributed by atoms with Crippen molar-refractivity contribution in [1.29, 1.82) is 0 Å². The predicted molar refractivity (Wildman–Crippen MR) is 65.6 cm³/mol. The maximum absolute atomic E-state index is 11.8. The second-order valence-electron chi connectivity index (χ2n) is 3.53. The second kappa shape index (κ2) is 10.3. The monoisotopic (exact) mass is 252 g/mol. The molecule has 0 bridgehead atoms. The summed E-state index contributed by atoms with van der Waals surface area (Å²) >= 11 is 0. The van der Waals surface area contributed by atoms with Gasteiger partial charge in [0, 0.05) is 0 Å². The molecule has 4 nitrogen and oxygen atoms in total. The van der Waals surface area contributed by atoms with Crippen LogP contribution < -0.4 is 0 Å². The van der Waals surface area contributed by atoms with Gasteiger partial charge in [0.05, 0.1) is 19.8 Å². The third-order valence-corrected chi connectivity index (χ3v) is 3.72. The van der Waals surface area contributed by atoms with Crippen molar-refractivity contribution < 1.29 is 18.1 Å². The van der Waals surface area contributed by atoms with Crippen LogP contribution >= 0.6 is 7.82 Å². The highest BCUT2D eigenvalue weighted by Gasteiger charge is 2.24. The third-order valence-electron chi connectivity index (χ3n) is 2.07. The van der Waals surface area contributed by atoms with Gasteiger partial charge >= 0.3 is 7.82 Å². The van der Waals surface area contributed by atoms with Gasteiger partial charge in [-0.15, -0.1) is 0 Å². The van der Waals surface area contributed by atoms with Crippen LogP contribution in [-0.2, 0) is 18.1 Å². The van der Waals surface area contributed by atoms with E-state index in [4.69, 9.17) is 13.6 Å². The van der Waals surface area contributed by atoms with Crippen molar-refractivity contribution >= 4 is 7.82 Å². The lowest BCUT2D eigenvalue weighted by atomic mass is 10.2. The van der Waals surface area contributed by atoms with Crippen molar-refractivity contribution in [3.63, 3.8) is 0 Å². The van der Waals surface area contributed by atoms with Gasteiger partial charge in [0.15, 0.2) is 0 Å². The molecule has 0 heterocycles. The minimum Gasteiger partial charge on any atom is -0.287 e. The Bertz CT molecular complexity index is 186. The largest absolute Gasteiger partial charge is 0.474 e. The van der Waals surface area contributed by atoms with E-state index in [0.29, 0.717) is 19.8 Å². The molecule has 0 amide bonds. The van der Waals surface area contributed by atoms with Crippen LogP contribution in [0.25, 0.3) is 0 Å². The van der Waals surface area contributed by atoms with Gasteiger partial charge in [0.25, 0.3) is 0 Å². The van der Waals surface area contributed by atoms with Crippen molar-refractivity contribution in [2.45, 2.75) is 52.9 Å². The van der Waals surface area contributed by atoms with E-state index in [9.17, 15) is 4.57 Å². The van der Waals surface area contributed by atoms with Crippen molar-refractivity contribution in [1.82, 2.24) is 0 Å². The molecule has 0 aromatic heterocycles. The van der Waals surface area contributed by atoms with E-state index in [2.05, 4.69) is 6.92 Å². The van der Waals surface area contributed by atoms with Crippen molar-refractivity contribution in [2.24, 2.45) is 0 Å². The number of phosphoric acid groups is 1. The van der Waals surface area contributed by atoms with Gasteiger partial charge in [0.1, 0.15) is 0 Å². The molecule has 0 aliphatic heterocycles. The highest BCUT2D eigenvalue weighted by Crippen LogP contribution is 2.49. The predicted octanol–water partition coefficient (Wildman–Crippen LogP) is 4.15. The fraction of sp³-hybridized carbons (Fsp3) is 1.00. The zero-order valence-corrected chi connectivity index (χ0v) is 11.6. The van der Waals surface area contributed by atoms with E-state index >= 15 is 0 Å². The van der Waals surface area contributed by atoms with Crippen LogP contribution in [0.1, 0.15) is 52.9 Å². The summed E-state index contributed by atoms with van der Waals surface area (Å²) < 4.78 is 27.1. The first-order valence-corrected chi connectivity index (χ1v) is 7.68. The molecule has 0 spiro atoms. The van der Waals surface area contributed by atoms with E-state index < -0.39 is 7.82 Å². The Hall–Kier alpha value is 0.110. The molecule has 16 heavy (non-hydrogen) atoms. The van der Waals surface area contributed by atoms with Crippen LogP contribution in [0.4, 0.5) is 0 Å². The SMILES string of the molecule is CCCCCCCOP(=O)(OCC)OCC. The lowest BCUT2D eigenvalue weighted by molar-refractivity contribution is 0.120. The highest BCUT2D eigenvalue weighted by molar-refractivity contribution is 7.48. The van der Waals surface area contributed by atoms with Gasteiger partial charge in [-0.2, -0.15) is 0 Å². The second-order valence-corrected chi connectivity index (χ2v) is 5.20. The van der Waals surface area contributed by atoms with Gasteiger partial charge < -0.3 is 0 Å². The average molecular weight is 252 g/mol. The first-order valence-electron chi connectivity index (χ1n) is 6.22. The van der Waals surface area contributed by atoms with Gasteiger partial charge in [-0.1, -0.05) is 32.6 Å². The summed E-state index contributed by atoms with van der Waals surface area (Å²) in [5.41, 5.74) is 0. The number of unbranched alkanes of at least 4 members (excludes halogenated alkanes) is 4. The minimum absolute atomic E-state index is 0.340. The minimum atomic E-state index is -3.27. The molecule has 5 heteroatoms. The summed E-state index contributed by atoms with van der Waals surface area (Å²) in [6.45, 7) is 6.85. The highest BCUT2D eigenvalue weighted by atomic mass is 31.2. The maximum Gasteiger partial charge on any atom is 0.474 e. The Morgan fingerprint density at radius 3 is 1.88 bits per heavy atom. The van der Waals surface area contributed by atoms with Crippen molar-refractivity contribution in [2.75, 3.05) is 19.8 Å². The molecule has 0 aliphatic carbocycles. The van der Waals surface area contributed by atoms with E-state index in [1.165, 1.54) is 19.3 Å². The molecule has 0 aliphatic rings. The van der Waals surface area contributed by atoms with E-state index in [-0.39, 0.29) is 0 Å². The standard InChI is InChI=1S/C11H25O4P/c1-4-7-8-9-10-11-15-16(12,13-5-2)14-6-3/h4-11H2,1-3H3. The fourth-order valence-corrected chi connectivity index (χ4v) is 2.52. The summed E-state index contributed by atoms with van der Waals surface area (Å²) in [5, 5.41) is 0. The van der Waals surface area contributed by atoms with Gasteiger partial charge in [-0.25, -0.2) is 4.57 Å². The van der Waals surface area contributed by atoms with Crippen LogP contribution in [0.15, 0.2) is 0 Å². The van der Waals surface area contributed by atoms with Crippen LogP contribution in [-0.4, -0.2) is 19.8 Å². The van der Waals surface area contributed by atoms with Crippen LogP contribution in [0.2, 0.25) is 0 Å². The lowest BCUT2D eigenvalue weighted by Gasteiger charge is -2.16. The molecule has 98 valence electrons. The summed E-state index contributed by atoms with van der Waals surface area (Å²) in [4.78, 5) is 0. The first kappa shape index (κ1) is 16.1. The van der Waals surface area contributed by atoms with Crippen molar-refractivity contribution in [3.8, 4) is 0 Å². The first-order chi connectivity index (χ1) is 7.68. The van der Waals surface area contributed by atoms with Crippen molar-refractivity contribution in [3.05, 3.63) is 0 Å². The van der Waals surface area contributed by atoms with E-state index in [0.717, 1.165) is 12.8 Å². The van der Waals surface area contributed by atoms with E-state index in [1.54, 1.807) is 13.8 Å². The summed E-state index contributed by atoms with van der Waals surface area (Å²) in [6.07, 6.45) is 5.68. The van der Waals surface area contributed by atoms with Crippen LogP contribution in [0.3, 0.4) is 0 Å². The summed E-state index contributed by atoms with van der Waals surface area (Å²) in [6, 6.07) is 0. The van der Waals surface area contributed by atoms with Crippen LogP contribution in [0.5, 0.6) is 0 Å².